The smallest absolute Gasteiger partial charge is 0.272 e. The molecule has 0 atom stereocenters. The van der Waals surface area contributed by atoms with Crippen LogP contribution in [-0.4, -0.2) is 22.3 Å². The Bertz CT molecular complexity index is 562. The second-order valence-electron chi connectivity index (χ2n) is 3.78. The van der Waals surface area contributed by atoms with Crippen LogP contribution in [0.2, 0.25) is 0 Å². The number of pyridine rings is 1. The molecule has 4 nitrogen and oxygen atoms in total. The normalized spacial score (nSPS) is 10.8. The number of hydrogen-bond donors (Lipinski definition) is 1. The van der Waals surface area contributed by atoms with E-state index in [9.17, 15) is 9.18 Å². The molecule has 1 amide bonds. The number of halogens is 1. The quantitative estimate of drug-likeness (QED) is 0.881. The van der Waals surface area contributed by atoms with Gasteiger partial charge in [0.15, 0.2) is 5.69 Å². The van der Waals surface area contributed by atoms with Gasteiger partial charge in [-0.15, -0.1) is 0 Å². The lowest BCUT2D eigenvalue weighted by atomic mass is 10.3. The number of carbonyl (C=O) groups is 1. The SMILES string of the molecule is CCCc1nc(C(=O)NC)c2c(F)cccn12. The molecule has 0 fully saturated rings. The maximum Gasteiger partial charge on any atom is 0.272 e. The fourth-order valence-corrected chi connectivity index (χ4v) is 1.84. The van der Waals surface area contributed by atoms with Crippen molar-refractivity contribution in [3.63, 3.8) is 0 Å². The van der Waals surface area contributed by atoms with E-state index >= 15 is 0 Å². The summed E-state index contributed by atoms with van der Waals surface area (Å²) in [6.45, 7) is 2.01. The number of nitrogens with zero attached hydrogens (tertiary/aromatic N) is 2. The topological polar surface area (TPSA) is 46.4 Å². The lowest BCUT2D eigenvalue weighted by Gasteiger charge is -1.99. The Hall–Kier alpha value is -1.91. The first-order chi connectivity index (χ1) is 8.19. The van der Waals surface area contributed by atoms with E-state index < -0.39 is 5.82 Å². The van der Waals surface area contributed by atoms with Crippen molar-refractivity contribution < 1.29 is 9.18 Å². The Morgan fingerprint density at radius 3 is 3.00 bits per heavy atom. The number of nitrogens with one attached hydrogen (secondary N) is 1. The van der Waals surface area contributed by atoms with Gasteiger partial charge in [-0.1, -0.05) is 6.92 Å². The Labute approximate surface area is 98.5 Å². The van der Waals surface area contributed by atoms with Crippen molar-refractivity contribution in [2.75, 3.05) is 7.05 Å². The van der Waals surface area contributed by atoms with Gasteiger partial charge < -0.3 is 9.72 Å². The monoisotopic (exact) mass is 235 g/mol. The molecule has 0 bridgehead atoms. The van der Waals surface area contributed by atoms with Crippen molar-refractivity contribution in [2.45, 2.75) is 19.8 Å². The van der Waals surface area contributed by atoms with Crippen molar-refractivity contribution in [1.29, 1.82) is 0 Å². The highest BCUT2D eigenvalue weighted by Crippen LogP contribution is 2.17. The van der Waals surface area contributed by atoms with Crippen LogP contribution in [0.1, 0.15) is 29.7 Å². The van der Waals surface area contributed by atoms with Gasteiger partial charge in [-0.2, -0.15) is 0 Å². The zero-order valence-electron chi connectivity index (χ0n) is 9.83. The fourth-order valence-electron chi connectivity index (χ4n) is 1.84. The fraction of sp³-hybridized carbons (Fsp3) is 0.333. The molecule has 17 heavy (non-hydrogen) atoms. The number of imidazole rings is 1. The minimum atomic E-state index is -0.430. The average molecular weight is 235 g/mol. The van der Waals surface area contributed by atoms with Gasteiger partial charge in [-0.3, -0.25) is 4.79 Å². The molecule has 0 spiro atoms. The van der Waals surface area contributed by atoms with Crippen molar-refractivity contribution in [1.82, 2.24) is 14.7 Å². The predicted octanol–water partition coefficient (Wildman–Crippen LogP) is 1.79. The molecule has 0 saturated heterocycles. The molecule has 0 unspecified atom stereocenters. The van der Waals surface area contributed by atoms with Crippen LogP contribution in [0.25, 0.3) is 5.52 Å². The minimum Gasteiger partial charge on any atom is -0.354 e. The minimum absolute atomic E-state index is 0.147. The molecule has 2 aromatic rings. The van der Waals surface area contributed by atoms with Crippen LogP contribution < -0.4 is 5.32 Å². The second kappa shape index (κ2) is 4.53. The number of amides is 1. The van der Waals surface area contributed by atoms with Gasteiger partial charge in [0.25, 0.3) is 5.91 Å². The van der Waals surface area contributed by atoms with Crippen LogP contribution in [0.3, 0.4) is 0 Å². The van der Waals surface area contributed by atoms with Crippen molar-refractivity contribution in [2.24, 2.45) is 0 Å². The lowest BCUT2D eigenvalue weighted by Crippen LogP contribution is -2.18. The Balaban J connectivity index is 2.71. The van der Waals surface area contributed by atoms with Crippen LogP contribution in [0.4, 0.5) is 4.39 Å². The van der Waals surface area contributed by atoms with Crippen molar-refractivity contribution >= 4 is 11.4 Å². The first kappa shape index (κ1) is 11.6. The van der Waals surface area contributed by atoms with E-state index in [2.05, 4.69) is 10.3 Å². The maximum absolute atomic E-state index is 13.8. The maximum atomic E-state index is 13.8. The Morgan fingerprint density at radius 2 is 2.35 bits per heavy atom. The molecule has 0 aliphatic rings. The van der Waals surface area contributed by atoms with Gasteiger partial charge >= 0.3 is 0 Å². The summed E-state index contributed by atoms with van der Waals surface area (Å²) in [6, 6.07) is 2.94. The van der Waals surface area contributed by atoms with Gasteiger partial charge in [0.1, 0.15) is 17.2 Å². The molecular formula is C12H14FN3O. The molecule has 2 heterocycles. The van der Waals surface area contributed by atoms with Crippen molar-refractivity contribution in [3.8, 4) is 0 Å². The number of hydrogen-bond acceptors (Lipinski definition) is 2. The molecule has 1 N–H and O–H groups in total. The molecule has 0 aliphatic carbocycles. The summed E-state index contributed by atoms with van der Waals surface area (Å²) in [5, 5.41) is 2.47. The first-order valence-electron chi connectivity index (χ1n) is 5.56. The summed E-state index contributed by atoms with van der Waals surface area (Å²) in [6.07, 6.45) is 3.33. The third-order valence-electron chi connectivity index (χ3n) is 2.60. The summed E-state index contributed by atoms with van der Waals surface area (Å²) in [4.78, 5) is 15.9. The van der Waals surface area contributed by atoms with E-state index in [1.54, 1.807) is 16.7 Å². The highest BCUT2D eigenvalue weighted by atomic mass is 19.1. The van der Waals surface area contributed by atoms with E-state index in [1.807, 2.05) is 6.92 Å². The molecule has 2 aromatic heterocycles. The Kier molecular flexibility index (Phi) is 3.08. The first-order valence-corrected chi connectivity index (χ1v) is 5.56. The van der Waals surface area contributed by atoms with Crippen LogP contribution in [-0.2, 0) is 6.42 Å². The van der Waals surface area contributed by atoms with E-state index in [0.717, 1.165) is 6.42 Å². The zero-order chi connectivity index (χ0) is 12.4. The summed E-state index contributed by atoms with van der Waals surface area (Å²) < 4.78 is 15.4. The number of fused-ring (bicyclic) bond motifs is 1. The van der Waals surface area contributed by atoms with E-state index in [-0.39, 0.29) is 17.1 Å². The summed E-state index contributed by atoms with van der Waals surface area (Å²) >= 11 is 0. The largest absolute Gasteiger partial charge is 0.354 e. The van der Waals surface area contributed by atoms with Gasteiger partial charge in [-0.25, -0.2) is 9.37 Å². The average Bonchev–Trinajstić information content (AvgIpc) is 2.69. The third kappa shape index (κ3) is 1.88. The molecule has 0 radical (unpaired) electrons. The van der Waals surface area contributed by atoms with Gasteiger partial charge in [-0.05, 0) is 18.6 Å². The molecule has 0 saturated carbocycles. The number of rotatable bonds is 3. The van der Waals surface area contributed by atoms with E-state index in [1.165, 1.54) is 13.1 Å². The summed E-state index contributed by atoms with van der Waals surface area (Å²) in [5.74, 6) is -0.0866. The molecule has 2 rings (SSSR count). The van der Waals surface area contributed by atoms with Crippen molar-refractivity contribution in [3.05, 3.63) is 35.7 Å². The van der Waals surface area contributed by atoms with Gasteiger partial charge in [0, 0.05) is 19.7 Å². The zero-order valence-corrected chi connectivity index (χ0v) is 9.83. The van der Waals surface area contributed by atoms with Crippen LogP contribution in [0.15, 0.2) is 18.3 Å². The number of aromatic nitrogens is 2. The van der Waals surface area contributed by atoms with Crippen LogP contribution >= 0.6 is 0 Å². The summed E-state index contributed by atoms with van der Waals surface area (Å²) in [5.41, 5.74) is 0.393. The van der Waals surface area contributed by atoms with Gasteiger partial charge in [0.05, 0.1) is 0 Å². The highest BCUT2D eigenvalue weighted by molar-refractivity contribution is 5.99. The third-order valence-corrected chi connectivity index (χ3v) is 2.60. The lowest BCUT2D eigenvalue weighted by molar-refractivity contribution is 0.0960. The molecule has 0 aromatic carbocycles. The Morgan fingerprint density at radius 1 is 1.59 bits per heavy atom. The second-order valence-corrected chi connectivity index (χ2v) is 3.78. The summed E-state index contributed by atoms with van der Waals surface area (Å²) in [7, 11) is 1.51. The van der Waals surface area contributed by atoms with E-state index in [0.29, 0.717) is 12.2 Å². The number of aryl methyl sites for hydroxylation is 1. The van der Waals surface area contributed by atoms with E-state index in [4.69, 9.17) is 0 Å². The molecular weight excluding hydrogens is 221 g/mol. The van der Waals surface area contributed by atoms with Crippen LogP contribution in [0.5, 0.6) is 0 Å². The standard InChI is InChI=1S/C12H14FN3O/c1-3-5-9-15-10(12(17)14-2)11-8(13)6-4-7-16(9)11/h4,6-7H,3,5H2,1-2H3,(H,14,17). The van der Waals surface area contributed by atoms with Gasteiger partial charge in [0.2, 0.25) is 0 Å². The molecule has 0 aliphatic heterocycles. The predicted molar refractivity (Wildman–Crippen MR) is 62.5 cm³/mol. The van der Waals surface area contributed by atoms with Crippen LogP contribution in [0, 0.1) is 5.82 Å². The number of carbonyl (C=O) groups excluding carboxylic acids is 1. The molecule has 90 valence electrons. The molecule has 5 heteroatoms. The highest BCUT2D eigenvalue weighted by Gasteiger charge is 2.18.